The lowest BCUT2D eigenvalue weighted by Gasteiger charge is -2.05. The second kappa shape index (κ2) is 5.14. The van der Waals surface area contributed by atoms with Gasteiger partial charge in [0.15, 0.2) is 0 Å². The van der Waals surface area contributed by atoms with Crippen molar-refractivity contribution in [3.05, 3.63) is 42.0 Å². The largest absolute Gasteiger partial charge is 0.464 e. The van der Waals surface area contributed by atoms with E-state index in [4.69, 9.17) is 4.42 Å². The molecule has 0 aliphatic rings. The SMILES string of the molecule is Cc1[nH]ncc1CCCNc1nccc2occc12. The van der Waals surface area contributed by atoms with Gasteiger partial charge in [-0.3, -0.25) is 5.10 Å². The van der Waals surface area contributed by atoms with Gasteiger partial charge in [-0.1, -0.05) is 0 Å². The van der Waals surface area contributed by atoms with Gasteiger partial charge in [0.2, 0.25) is 0 Å². The molecule has 0 unspecified atom stereocenters. The van der Waals surface area contributed by atoms with Crippen LogP contribution < -0.4 is 5.32 Å². The quantitative estimate of drug-likeness (QED) is 0.689. The van der Waals surface area contributed by atoms with Crippen LogP contribution in [0.4, 0.5) is 5.82 Å². The number of aromatic amines is 1. The molecule has 0 amide bonds. The van der Waals surface area contributed by atoms with Gasteiger partial charge in [0.05, 0.1) is 17.8 Å². The maximum atomic E-state index is 5.35. The van der Waals surface area contributed by atoms with E-state index in [9.17, 15) is 0 Å². The third-order valence-electron chi connectivity index (χ3n) is 3.23. The average molecular weight is 256 g/mol. The van der Waals surface area contributed by atoms with Crippen LogP contribution >= 0.6 is 0 Å². The fourth-order valence-electron chi connectivity index (χ4n) is 2.15. The minimum Gasteiger partial charge on any atom is -0.464 e. The first kappa shape index (κ1) is 11.8. The Morgan fingerprint density at radius 1 is 1.37 bits per heavy atom. The molecule has 3 rings (SSSR count). The van der Waals surface area contributed by atoms with Gasteiger partial charge in [0.25, 0.3) is 0 Å². The van der Waals surface area contributed by atoms with E-state index in [1.54, 1.807) is 12.5 Å². The van der Waals surface area contributed by atoms with Crippen molar-refractivity contribution in [3.63, 3.8) is 0 Å². The molecule has 3 aromatic rings. The first-order chi connectivity index (χ1) is 9.34. The van der Waals surface area contributed by atoms with Gasteiger partial charge in [-0.25, -0.2) is 4.98 Å². The highest BCUT2D eigenvalue weighted by molar-refractivity contribution is 5.87. The smallest absolute Gasteiger partial charge is 0.139 e. The summed E-state index contributed by atoms with van der Waals surface area (Å²) in [5.41, 5.74) is 3.29. The van der Waals surface area contributed by atoms with E-state index < -0.39 is 0 Å². The number of hydrogen-bond donors (Lipinski definition) is 2. The number of furan rings is 1. The van der Waals surface area contributed by atoms with E-state index in [0.29, 0.717) is 0 Å². The van der Waals surface area contributed by atoms with Gasteiger partial charge in [0, 0.05) is 18.4 Å². The maximum Gasteiger partial charge on any atom is 0.139 e. The average Bonchev–Trinajstić information content (AvgIpc) is 3.04. The highest BCUT2D eigenvalue weighted by Gasteiger charge is 2.04. The minimum atomic E-state index is 0.864. The van der Waals surface area contributed by atoms with Crippen molar-refractivity contribution in [2.24, 2.45) is 0 Å². The number of fused-ring (bicyclic) bond motifs is 1. The maximum absolute atomic E-state index is 5.35. The van der Waals surface area contributed by atoms with Crippen molar-refractivity contribution in [2.75, 3.05) is 11.9 Å². The fraction of sp³-hybridized carbons (Fsp3) is 0.286. The molecule has 3 aromatic heterocycles. The van der Waals surface area contributed by atoms with Crippen LogP contribution in [0.3, 0.4) is 0 Å². The van der Waals surface area contributed by atoms with Gasteiger partial charge in [-0.2, -0.15) is 5.10 Å². The van der Waals surface area contributed by atoms with Crippen LogP contribution in [-0.4, -0.2) is 21.7 Å². The standard InChI is InChI=1S/C14H16N4O/c1-10-11(9-17-18-10)3-2-6-15-14-12-5-8-19-13(12)4-7-16-14/h4-5,7-9H,2-3,6H2,1H3,(H,15,16)(H,17,18). The van der Waals surface area contributed by atoms with Crippen LogP contribution in [-0.2, 0) is 6.42 Å². The number of pyridine rings is 1. The predicted molar refractivity (Wildman–Crippen MR) is 74.1 cm³/mol. The van der Waals surface area contributed by atoms with Gasteiger partial charge in [-0.05, 0) is 37.5 Å². The number of aryl methyl sites for hydroxylation is 2. The highest BCUT2D eigenvalue weighted by atomic mass is 16.3. The number of hydrogen-bond acceptors (Lipinski definition) is 4. The molecule has 0 aromatic carbocycles. The molecule has 0 saturated heterocycles. The molecule has 0 fully saturated rings. The van der Waals surface area contributed by atoms with E-state index in [-0.39, 0.29) is 0 Å². The molecule has 0 aliphatic heterocycles. The lowest BCUT2D eigenvalue weighted by Crippen LogP contribution is -2.04. The number of H-pyrrole nitrogens is 1. The predicted octanol–water partition coefficient (Wildman–Crippen LogP) is 2.90. The summed E-state index contributed by atoms with van der Waals surface area (Å²) in [5.74, 6) is 0.884. The second-order valence-corrected chi connectivity index (χ2v) is 4.54. The second-order valence-electron chi connectivity index (χ2n) is 4.54. The third kappa shape index (κ3) is 2.45. The van der Waals surface area contributed by atoms with E-state index in [1.807, 2.05) is 25.3 Å². The summed E-state index contributed by atoms with van der Waals surface area (Å²) in [6.45, 7) is 2.92. The monoisotopic (exact) mass is 256 g/mol. The van der Waals surface area contributed by atoms with Gasteiger partial charge >= 0.3 is 0 Å². The zero-order valence-corrected chi connectivity index (χ0v) is 10.8. The summed E-state index contributed by atoms with van der Waals surface area (Å²) >= 11 is 0. The molecule has 0 radical (unpaired) electrons. The van der Waals surface area contributed by atoms with Crippen molar-refractivity contribution in [1.82, 2.24) is 15.2 Å². The molecule has 0 bridgehead atoms. The molecule has 19 heavy (non-hydrogen) atoms. The van der Waals surface area contributed by atoms with E-state index in [1.165, 1.54) is 5.56 Å². The molecular formula is C14H16N4O. The zero-order valence-electron chi connectivity index (χ0n) is 10.8. The Morgan fingerprint density at radius 2 is 2.32 bits per heavy atom. The normalized spacial score (nSPS) is 11.0. The van der Waals surface area contributed by atoms with Gasteiger partial charge in [-0.15, -0.1) is 0 Å². The van der Waals surface area contributed by atoms with Crippen LogP contribution in [0.1, 0.15) is 17.7 Å². The summed E-state index contributed by atoms with van der Waals surface area (Å²) in [6.07, 6.45) is 7.39. The van der Waals surface area contributed by atoms with Crippen molar-refractivity contribution >= 4 is 16.8 Å². The summed E-state index contributed by atoms with van der Waals surface area (Å²) in [6, 6.07) is 3.81. The Kier molecular flexibility index (Phi) is 3.18. The molecule has 0 aliphatic carbocycles. The summed E-state index contributed by atoms with van der Waals surface area (Å²) in [7, 11) is 0. The van der Waals surface area contributed by atoms with Crippen LogP contribution in [0.2, 0.25) is 0 Å². The van der Waals surface area contributed by atoms with Gasteiger partial charge < -0.3 is 9.73 Å². The van der Waals surface area contributed by atoms with Crippen LogP contribution in [0.15, 0.2) is 35.2 Å². The van der Waals surface area contributed by atoms with Crippen LogP contribution in [0.25, 0.3) is 11.0 Å². The summed E-state index contributed by atoms with van der Waals surface area (Å²) in [5, 5.41) is 11.4. The van der Waals surface area contributed by atoms with Crippen molar-refractivity contribution < 1.29 is 4.42 Å². The Labute approximate surface area is 111 Å². The van der Waals surface area contributed by atoms with Crippen molar-refractivity contribution in [3.8, 4) is 0 Å². The molecule has 3 heterocycles. The Hall–Kier alpha value is -2.30. The lowest BCUT2D eigenvalue weighted by molar-refractivity contribution is 0.615. The molecule has 98 valence electrons. The number of rotatable bonds is 5. The number of aromatic nitrogens is 3. The Morgan fingerprint density at radius 3 is 3.16 bits per heavy atom. The number of nitrogens with zero attached hydrogens (tertiary/aromatic N) is 2. The number of nitrogens with one attached hydrogen (secondary N) is 2. The minimum absolute atomic E-state index is 0.864. The lowest BCUT2D eigenvalue weighted by atomic mass is 10.1. The van der Waals surface area contributed by atoms with Gasteiger partial charge in [0.1, 0.15) is 11.4 Å². The fourth-order valence-corrected chi connectivity index (χ4v) is 2.15. The number of anilines is 1. The highest BCUT2D eigenvalue weighted by Crippen LogP contribution is 2.21. The zero-order chi connectivity index (χ0) is 13.1. The van der Waals surface area contributed by atoms with Crippen molar-refractivity contribution in [2.45, 2.75) is 19.8 Å². The third-order valence-corrected chi connectivity index (χ3v) is 3.23. The van der Waals surface area contributed by atoms with Crippen molar-refractivity contribution in [1.29, 1.82) is 0 Å². The molecular weight excluding hydrogens is 240 g/mol. The Balaban J connectivity index is 1.58. The molecule has 0 atom stereocenters. The van der Waals surface area contributed by atoms with E-state index in [0.717, 1.165) is 41.9 Å². The first-order valence-corrected chi connectivity index (χ1v) is 6.39. The topological polar surface area (TPSA) is 66.7 Å². The van der Waals surface area contributed by atoms with E-state index in [2.05, 4.69) is 20.5 Å². The summed E-state index contributed by atoms with van der Waals surface area (Å²) in [4.78, 5) is 4.34. The van der Waals surface area contributed by atoms with E-state index >= 15 is 0 Å². The molecule has 0 saturated carbocycles. The molecule has 5 heteroatoms. The Bertz CT molecular complexity index is 671. The molecule has 5 nitrogen and oxygen atoms in total. The first-order valence-electron chi connectivity index (χ1n) is 6.39. The molecule has 0 spiro atoms. The molecule has 2 N–H and O–H groups in total. The summed E-state index contributed by atoms with van der Waals surface area (Å²) < 4.78 is 5.35. The van der Waals surface area contributed by atoms with Crippen LogP contribution in [0, 0.1) is 6.92 Å². The van der Waals surface area contributed by atoms with Crippen LogP contribution in [0.5, 0.6) is 0 Å².